The van der Waals surface area contributed by atoms with E-state index in [-0.39, 0.29) is 18.9 Å². The Morgan fingerprint density at radius 1 is 1.53 bits per heavy atom. The number of rotatable bonds is 4. The minimum atomic E-state index is -0.569. The Bertz CT molecular complexity index is 485. The second-order valence-corrected chi connectivity index (χ2v) is 4.27. The third-order valence-corrected chi connectivity index (χ3v) is 2.98. The number of piperazine rings is 1. The Balaban J connectivity index is 1.99. The molecule has 8 nitrogen and oxygen atoms in total. The maximum atomic E-state index is 12.1. The normalized spacial score (nSPS) is 19.4. The van der Waals surface area contributed by atoms with Crippen LogP contribution in [0, 0.1) is 0 Å². The largest absolute Gasteiger partial charge is 0.321 e. The molecule has 8 heteroatoms. The number of hydrogen-bond acceptors (Lipinski definition) is 5. The highest BCUT2D eigenvalue weighted by Gasteiger charge is 2.35. The van der Waals surface area contributed by atoms with Gasteiger partial charge in [0.2, 0.25) is 17.7 Å². The smallest absolute Gasteiger partial charge is 0.249 e. The molecule has 19 heavy (non-hydrogen) atoms. The molecule has 102 valence electrons. The van der Waals surface area contributed by atoms with Crippen LogP contribution in [0.1, 0.15) is 19.8 Å². The van der Waals surface area contributed by atoms with E-state index in [4.69, 9.17) is 0 Å². The van der Waals surface area contributed by atoms with E-state index in [0.29, 0.717) is 13.0 Å². The van der Waals surface area contributed by atoms with Crippen LogP contribution in [0.4, 0.5) is 0 Å². The molecule has 1 aromatic heterocycles. The lowest BCUT2D eigenvalue weighted by Crippen LogP contribution is -2.59. The van der Waals surface area contributed by atoms with Crippen molar-refractivity contribution in [2.24, 2.45) is 0 Å². The summed E-state index contributed by atoms with van der Waals surface area (Å²) in [5, 5.41) is 6.13. The van der Waals surface area contributed by atoms with E-state index in [0.717, 1.165) is 0 Å². The average molecular weight is 265 g/mol. The molecule has 0 spiro atoms. The van der Waals surface area contributed by atoms with Gasteiger partial charge in [0.05, 0.1) is 6.54 Å². The van der Waals surface area contributed by atoms with Crippen molar-refractivity contribution in [1.29, 1.82) is 0 Å². The Kier molecular flexibility index (Phi) is 3.88. The van der Waals surface area contributed by atoms with Crippen molar-refractivity contribution < 1.29 is 14.4 Å². The number of imide groups is 1. The molecule has 1 N–H and O–H groups in total. The van der Waals surface area contributed by atoms with E-state index in [9.17, 15) is 14.4 Å². The summed E-state index contributed by atoms with van der Waals surface area (Å²) in [6.07, 6.45) is 3.56. The molecule has 2 heterocycles. The lowest BCUT2D eigenvalue weighted by Gasteiger charge is -2.33. The summed E-state index contributed by atoms with van der Waals surface area (Å²) in [7, 11) is 0. The van der Waals surface area contributed by atoms with Gasteiger partial charge in [-0.05, 0) is 6.42 Å². The summed E-state index contributed by atoms with van der Waals surface area (Å²) >= 11 is 0. The van der Waals surface area contributed by atoms with Crippen molar-refractivity contribution in [3.63, 3.8) is 0 Å². The molecule has 1 aliphatic heterocycles. The Morgan fingerprint density at radius 2 is 2.32 bits per heavy atom. The van der Waals surface area contributed by atoms with Gasteiger partial charge in [-0.1, -0.05) is 6.92 Å². The van der Waals surface area contributed by atoms with Gasteiger partial charge in [-0.3, -0.25) is 24.4 Å². The minimum Gasteiger partial charge on any atom is -0.321 e. The molecule has 0 bridgehead atoms. The molecule has 1 atom stereocenters. The number of nitrogens with zero attached hydrogens (tertiary/aromatic N) is 4. The van der Waals surface area contributed by atoms with Crippen LogP contribution in [-0.2, 0) is 20.9 Å². The molecular formula is C11H15N5O3. The highest BCUT2D eigenvalue weighted by molar-refractivity contribution is 6.04. The molecule has 0 aromatic carbocycles. The quantitative estimate of drug-likeness (QED) is 0.699. The molecule has 2 rings (SSSR count). The van der Waals surface area contributed by atoms with Crippen LogP contribution in [0.2, 0.25) is 0 Å². The standard InChI is InChI=1S/C11H15N5O3/c1-2-8-11(19)14-9(17)5-16(8)10(18)3-4-15-7-12-6-13-15/h6-8H,2-5H2,1H3,(H,14,17,19). The predicted molar refractivity (Wildman–Crippen MR) is 63.6 cm³/mol. The molecule has 1 aromatic rings. The zero-order valence-electron chi connectivity index (χ0n) is 10.6. The highest BCUT2D eigenvalue weighted by atomic mass is 16.2. The first-order valence-electron chi connectivity index (χ1n) is 6.07. The van der Waals surface area contributed by atoms with Crippen LogP contribution in [0.3, 0.4) is 0 Å². The summed E-state index contributed by atoms with van der Waals surface area (Å²) in [5.74, 6) is -1.08. The maximum Gasteiger partial charge on any atom is 0.249 e. The second-order valence-electron chi connectivity index (χ2n) is 4.27. The third kappa shape index (κ3) is 2.95. The van der Waals surface area contributed by atoms with E-state index in [1.54, 1.807) is 6.92 Å². The molecular weight excluding hydrogens is 250 g/mol. The first-order chi connectivity index (χ1) is 9.11. The topological polar surface area (TPSA) is 97.2 Å². The number of carbonyl (C=O) groups is 3. The predicted octanol–water partition coefficient (Wildman–Crippen LogP) is -1.07. The number of carbonyl (C=O) groups excluding carboxylic acids is 3. The van der Waals surface area contributed by atoms with Crippen LogP contribution < -0.4 is 5.32 Å². The van der Waals surface area contributed by atoms with Gasteiger partial charge in [0.1, 0.15) is 25.2 Å². The molecule has 1 saturated heterocycles. The summed E-state index contributed by atoms with van der Waals surface area (Å²) in [6.45, 7) is 2.11. The van der Waals surface area contributed by atoms with Gasteiger partial charge in [0.15, 0.2) is 0 Å². The summed E-state index contributed by atoms with van der Waals surface area (Å²) in [4.78, 5) is 40.2. The zero-order valence-corrected chi connectivity index (χ0v) is 10.6. The van der Waals surface area contributed by atoms with E-state index in [1.807, 2.05) is 0 Å². The number of nitrogens with one attached hydrogen (secondary N) is 1. The fourth-order valence-electron chi connectivity index (χ4n) is 2.04. The number of aryl methyl sites for hydroxylation is 1. The van der Waals surface area contributed by atoms with Gasteiger partial charge in [-0.25, -0.2) is 4.98 Å². The van der Waals surface area contributed by atoms with E-state index < -0.39 is 17.9 Å². The number of amides is 3. The summed E-state index contributed by atoms with van der Waals surface area (Å²) < 4.78 is 1.53. The van der Waals surface area contributed by atoms with Gasteiger partial charge < -0.3 is 4.90 Å². The van der Waals surface area contributed by atoms with Gasteiger partial charge in [0, 0.05) is 6.42 Å². The molecule has 0 aliphatic carbocycles. The van der Waals surface area contributed by atoms with Crippen molar-refractivity contribution in [3.05, 3.63) is 12.7 Å². The van der Waals surface area contributed by atoms with Crippen molar-refractivity contribution in [2.75, 3.05) is 6.54 Å². The van der Waals surface area contributed by atoms with Crippen LogP contribution in [0.15, 0.2) is 12.7 Å². The molecule has 0 radical (unpaired) electrons. The molecule has 1 unspecified atom stereocenters. The van der Waals surface area contributed by atoms with Gasteiger partial charge >= 0.3 is 0 Å². The fraction of sp³-hybridized carbons (Fsp3) is 0.545. The van der Waals surface area contributed by atoms with Crippen LogP contribution in [0.5, 0.6) is 0 Å². The third-order valence-electron chi connectivity index (χ3n) is 2.98. The van der Waals surface area contributed by atoms with Gasteiger partial charge in [-0.15, -0.1) is 0 Å². The Labute approximate surface area is 109 Å². The minimum absolute atomic E-state index is 0.0690. The fourth-order valence-corrected chi connectivity index (χ4v) is 2.04. The number of aromatic nitrogens is 3. The molecule has 1 fully saturated rings. The Hall–Kier alpha value is -2.25. The van der Waals surface area contributed by atoms with E-state index >= 15 is 0 Å². The maximum absolute atomic E-state index is 12.1. The van der Waals surface area contributed by atoms with E-state index in [1.165, 1.54) is 22.2 Å². The first-order valence-corrected chi connectivity index (χ1v) is 6.07. The van der Waals surface area contributed by atoms with Crippen LogP contribution in [0.25, 0.3) is 0 Å². The van der Waals surface area contributed by atoms with Crippen molar-refractivity contribution in [2.45, 2.75) is 32.4 Å². The van der Waals surface area contributed by atoms with E-state index in [2.05, 4.69) is 15.4 Å². The summed E-state index contributed by atoms with van der Waals surface area (Å²) in [5.41, 5.74) is 0. The Morgan fingerprint density at radius 3 is 2.95 bits per heavy atom. The van der Waals surface area contributed by atoms with Crippen molar-refractivity contribution in [3.8, 4) is 0 Å². The number of hydrogen-bond donors (Lipinski definition) is 1. The monoisotopic (exact) mass is 265 g/mol. The average Bonchev–Trinajstić information content (AvgIpc) is 2.88. The second kappa shape index (κ2) is 5.59. The van der Waals surface area contributed by atoms with Crippen LogP contribution in [-0.4, -0.2) is 50.0 Å². The first kappa shape index (κ1) is 13.2. The van der Waals surface area contributed by atoms with Gasteiger partial charge in [-0.2, -0.15) is 5.10 Å². The highest BCUT2D eigenvalue weighted by Crippen LogP contribution is 2.11. The lowest BCUT2D eigenvalue weighted by molar-refractivity contribution is -0.150. The zero-order chi connectivity index (χ0) is 13.8. The molecule has 3 amide bonds. The van der Waals surface area contributed by atoms with Crippen LogP contribution >= 0.6 is 0 Å². The van der Waals surface area contributed by atoms with Gasteiger partial charge in [0.25, 0.3) is 0 Å². The van der Waals surface area contributed by atoms with Crippen molar-refractivity contribution >= 4 is 17.7 Å². The SMILES string of the molecule is CCC1C(=O)NC(=O)CN1C(=O)CCn1cncn1. The molecule has 1 aliphatic rings. The van der Waals surface area contributed by atoms with Crippen molar-refractivity contribution in [1.82, 2.24) is 25.0 Å². The lowest BCUT2D eigenvalue weighted by atomic mass is 10.1. The molecule has 0 saturated carbocycles. The summed E-state index contributed by atoms with van der Waals surface area (Å²) in [6, 6.07) is -0.569.